The molecular weight excluding hydrogens is 218 g/mol. The van der Waals surface area contributed by atoms with E-state index in [2.05, 4.69) is 5.32 Å². The predicted molar refractivity (Wildman–Crippen MR) is 62.5 cm³/mol. The molecule has 1 unspecified atom stereocenters. The minimum Gasteiger partial charge on any atom is -0.442 e. The Kier molecular flexibility index (Phi) is 3.42. The van der Waals surface area contributed by atoms with Gasteiger partial charge in [-0.2, -0.15) is 0 Å². The molecule has 1 atom stereocenters. The van der Waals surface area contributed by atoms with Crippen molar-refractivity contribution in [1.29, 1.82) is 0 Å². The Labute approximate surface area is 100.0 Å². The molecule has 1 aliphatic carbocycles. The Hall–Kier alpha value is -1.84. The first-order valence-corrected chi connectivity index (χ1v) is 5.69. The number of carbonyl (C=O) groups excluding carboxylic acids is 2. The number of Topliss-reactive ketones (excluding diaryl/α,β-unsaturated/α-hetero) is 1. The van der Waals surface area contributed by atoms with E-state index in [1.54, 1.807) is 0 Å². The van der Waals surface area contributed by atoms with Crippen molar-refractivity contribution in [2.75, 3.05) is 0 Å². The molecule has 4 heteroatoms. The van der Waals surface area contributed by atoms with Crippen LogP contribution in [-0.2, 0) is 9.53 Å². The second kappa shape index (κ2) is 4.99. The normalized spacial score (nSPS) is 17.1. The number of carbonyl (C=O) groups is 2. The summed E-state index contributed by atoms with van der Waals surface area (Å²) in [7, 11) is 0. The van der Waals surface area contributed by atoms with Crippen LogP contribution < -0.4 is 5.32 Å². The summed E-state index contributed by atoms with van der Waals surface area (Å²) in [5.41, 5.74) is 0.951. The number of alkyl carbamates (subject to hydrolysis) is 1. The SMILES string of the molecule is CC(OC(=O)NC1CC(=O)C1)c1ccccc1. The average molecular weight is 233 g/mol. The monoisotopic (exact) mass is 233 g/mol. The van der Waals surface area contributed by atoms with E-state index in [0.717, 1.165) is 5.56 Å². The molecule has 90 valence electrons. The van der Waals surface area contributed by atoms with Crippen LogP contribution in [0.2, 0.25) is 0 Å². The van der Waals surface area contributed by atoms with Crippen LogP contribution in [0.3, 0.4) is 0 Å². The Morgan fingerprint density at radius 3 is 2.59 bits per heavy atom. The van der Waals surface area contributed by atoms with E-state index >= 15 is 0 Å². The van der Waals surface area contributed by atoms with Crippen molar-refractivity contribution in [3.63, 3.8) is 0 Å². The van der Waals surface area contributed by atoms with Crippen molar-refractivity contribution in [1.82, 2.24) is 5.32 Å². The lowest BCUT2D eigenvalue weighted by atomic mass is 9.92. The maximum absolute atomic E-state index is 11.5. The van der Waals surface area contributed by atoms with Crippen molar-refractivity contribution >= 4 is 11.9 Å². The van der Waals surface area contributed by atoms with Gasteiger partial charge in [0.15, 0.2) is 0 Å². The zero-order valence-corrected chi connectivity index (χ0v) is 9.68. The minimum absolute atomic E-state index is 0.0435. The van der Waals surface area contributed by atoms with Gasteiger partial charge in [-0.15, -0.1) is 0 Å². The lowest BCUT2D eigenvalue weighted by molar-refractivity contribution is -0.124. The van der Waals surface area contributed by atoms with E-state index in [0.29, 0.717) is 12.8 Å². The van der Waals surface area contributed by atoms with Crippen molar-refractivity contribution < 1.29 is 14.3 Å². The Morgan fingerprint density at radius 2 is 2.00 bits per heavy atom. The van der Waals surface area contributed by atoms with E-state index in [9.17, 15) is 9.59 Å². The first-order chi connectivity index (χ1) is 8.15. The Morgan fingerprint density at radius 1 is 1.35 bits per heavy atom. The van der Waals surface area contributed by atoms with Crippen LogP contribution >= 0.6 is 0 Å². The maximum atomic E-state index is 11.5. The van der Waals surface area contributed by atoms with Gasteiger partial charge >= 0.3 is 6.09 Å². The van der Waals surface area contributed by atoms with Crippen LogP contribution in [0.5, 0.6) is 0 Å². The number of rotatable bonds is 3. The molecule has 0 saturated heterocycles. The molecule has 0 bridgehead atoms. The van der Waals surface area contributed by atoms with Crippen LogP contribution in [-0.4, -0.2) is 17.9 Å². The standard InChI is InChI=1S/C13H15NO3/c1-9(10-5-3-2-4-6-10)17-13(16)14-11-7-12(15)8-11/h2-6,9,11H,7-8H2,1H3,(H,14,16). The molecule has 4 nitrogen and oxygen atoms in total. The molecule has 17 heavy (non-hydrogen) atoms. The summed E-state index contributed by atoms with van der Waals surface area (Å²) in [6, 6.07) is 9.49. The molecule has 0 aliphatic heterocycles. The summed E-state index contributed by atoms with van der Waals surface area (Å²) >= 11 is 0. The number of hydrogen-bond acceptors (Lipinski definition) is 3. The van der Waals surface area contributed by atoms with Gasteiger partial charge in [0.05, 0.1) is 0 Å². The molecule has 1 amide bonds. The van der Waals surface area contributed by atoms with Gasteiger partial charge < -0.3 is 10.1 Å². The third-order valence-corrected chi connectivity index (χ3v) is 2.82. The number of hydrogen-bond donors (Lipinski definition) is 1. The van der Waals surface area contributed by atoms with E-state index in [1.165, 1.54) is 0 Å². The van der Waals surface area contributed by atoms with Crippen molar-refractivity contribution in [2.45, 2.75) is 31.9 Å². The van der Waals surface area contributed by atoms with Gasteiger partial charge in [-0.1, -0.05) is 30.3 Å². The molecule has 0 radical (unpaired) electrons. The number of nitrogens with one attached hydrogen (secondary N) is 1. The number of benzene rings is 1. The minimum atomic E-state index is -0.459. The summed E-state index contributed by atoms with van der Waals surface area (Å²) in [6.45, 7) is 1.82. The molecular formula is C13H15NO3. The first-order valence-electron chi connectivity index (χ1n) is 5.69. The second-order valence-corrected chi connectivity index (χ2v) is 4.25. The molecule has 1 N–H and O–H groups in total. The summed E-state index contributed by atoms with van der Waals surface area (Å²) < 4.78 is 5.22. The summed E-state index contributed by atoms with van der Waals surface area (Å²) in [5, 5.41) is 2.67. The van der Waals surface area contributed by atoms with Crippen molar-refractivity contribution in [3.8, 4) is 0 Å². The smallest absolute Gasteiger partial charge is 0.407 e. The molecule has 0 spiro atoms. The van der Waals surface area contributed by atoms with Crippen LogP contribution in [0.4, 0.5) is 4.79 Å². The summed E-state index contributed by atoms with van der Waals surface area (Å²) in [4.78, 5) is 22.2. The quantitative estimate of drug-likeness (QED) is 0.870. The lowest BCUT2D eigenvalue weighted by Gasteiger charge is -2.25. The number of amides is 1. The maximum Gasteiger partial charge on any atom is 0.407 e. The van der Waals surface area contributed by atoms with Gasteiger partial charge in [-0.25, -0.2) is 4.79 Å². The highest BCUT2D eigenvalue weighted by Crippen LogP contribution is 2.18. The molecule has 2 rings (SSSR count). The number of ether oxygens (including phenoxy) is 1. The molecule has 0 heterocycles. The van der Waals surface area contributed by atoms with Crippen molar-refractivity contribution in [2.24, 2.45) is 0 Å². The van der Waals surface area contributed by atoms with Crippen LogP contribution in [0.1, 0.15) is 31.4 Å². The fourth-order valence-corrected chi connectivity index (χ4v) is 1.75. The van der Waals surface area contributed by atoms with E-state index in [1.807, 2.05) is 37.3 Å². The highest BCUT2D eigenvalue weighted by atomic mass is 16.6. The van der Waals surface area contributed by atoms with Crippen molar-refractivity contribution in [3.05, 3.63) is 35.9 Å². The van der Waals surface area contributed by atoms with Gasteiger partial charge in [0.25, 0.3) is 0 Å². The predicted octanol–water partition coefficient (Wildman–Crippen LogP) is 2.21. The molecule has 1 saturated carbocycles. The summed E-state index contributed by atoms with van der Waals surface area (Å²) in [5.74, 6) is 0.186. The topological polar surface area (TPSA) is 55.4 Å². The fourth-order valence-electron chi connectivity index (χ4n) is 1.75. The molecule has 0 aromatic heterocycles. The number of ketones is 1. The third-order valence-electron chi connectivity index (χ3n) is 2.82. The molecule has 1 fully saturated rings. The zero-order chi connectivity index (χ0) is 12.3. The van der Waals surface area contributed by atoms with Crippen LogP contribution in [0.15, 0.2) is 30.3 Å². The van der Waals surface area contributed by atoms with Gasteiger partial charge in [-0.3, -0.25) is 4.79 Å². The van der Waals surface area contributed by atoms with Gasteiger partial charge in [-0.05, 0) is 12.5 Å². The molecule has 1 aromatic rings. The van der Waals surface area contributed by atoms with E-state index < -0.39 is 6.09 Å². The van der Waals surface area contributed by atoms with Crippen LogP contribution in [0.25, 0.3) is 0 Å². The molecule has 1 aliphatic rings. The average Bonchev–Trinajstić information content (AvgIpc) is 2.28. The van der Waals surface area contributed by atoms with E-state index in [4.69, 9.17) is 4.74 Å². The largest absolute Gasteiger partial charge is 0.442 e. The lowest BCUT2D eigenvalue weighted by Crippen LogP contribution is -2.44. The first kappa shape index (κ1) is 11.6. The highest BCUT2D eigenvalue weighted by molar-refractivity contribution is 5.87. The van der Waals surface area contributed by atoms with E-state index in [-0.39, 0.29) is 17.9 Å². The third kappa shape index (κ3) is 3.06. The zero-order valence-electron chi connectivity index (χ0n) is 9.68. The van der Waals surface area contributed by atoms with Gasteiger partial charge in [0.1, 0.15) is 11.9 Å². The second-order valence-electron chi connectivity index (χ2n) is 4.25. The fraction of sp³-hybridized carbons (Fsp3) is 0.385. The highest BCUT2D eigenvalue weighted by Gasteiger charge is 2.28. The van der Waals surface area contributed by atoms with Gasteiger partial charge in [0, 0.05) is 18.9 Å². The Balaban J connectivity index is 1.80. The molecule has 1 aromatic carbocycles. The van der Waals surface area contributed by atoms with Crippen LogP contribution in [0, 0.1) is 0 Å². The van der Waals surface area contributed by atoms with Gasteiger partial charge in [0.2, 0.25) is 0 Å². The summed E-state index contributed by atoms with van der Waals surface area (Å²) in [6.07, 6.45) is 0.106. The Bertz CT molecular complexity index is 408.